The smallest absolute Gasteiger partial charge is 0.0571 e. The molecule has 2 atom stereocenters. The average molecular weight is 142 g/mol. The van der Waals surface area contributed by atoms with E-state index in [4.69, 9.17) is 0 Å². The Hall–Kier alpha value is -0.120. The van der Waals surface area contributed by atoms with E-state index in [1.54, 1.807) is 0 Å². The van der Waals surface area contributed by atoms with Crippen LogP contribution in [0.25, 0.3) is 0 Å². The van der Waals surface area contributed by atoms with Gasteiger partial charge in [-0.15, -0.1) is 10.3 Å². The molecule has 2 heterocycles. The third kappa shape index (κ3) is 0.856. The molecule has 3 heteroatoms. The first-order valence-electron chi connectivity index (χ1n) is 3.91. The van der Waals surface area contributed by atoms with Crippen LogP contribution in [0, 0.1) is 0 Å². The number of rotatable bonds is 0. The highest BCUT2D eigenvalue weighted by Gasteiger charge is 2.40. The van der Waals surface area contributed by atoms with Gasteiger partial charge >= 0.3 is 0 Å². The number of nitrogens with zero attached hydrogens (tertiary/aromatic N) is 1. The standard InChI is InChI=1S/C7H12NO2/c9-7-3-5-1-2-6(4-7)8(5)10/h5-7,9H,1-4H2. The van der Waals surface area contributed by atoms with Crippen LogP contribution in [0.4, 0.5) is 0 Å². The summed E-state index contributed by atoms with van der Waals surface area (Å²) in [7, 11) is 0. The molecule has 1 N–H and O–H groups in total. The number of fused-ring (bicyclic) bond motifs is 2. The van der Waals surface area contributed by atoms with Crippen LogP contribution in [0.15, 0.2) is 0 Å². The topological polar surface area (TPSA) is 43.4 Å². The van der Waals surface area contributed by atoms with Crippen molar-refractivity contribution in [3.05, 3.63) is 0 Å². The molecule has 0 aromatic carbocycles. The summed E-state index contributed by atoms with van der Waals surface area (Å²) in [5, 5.41) is 21.6. The summed E-state index contributed by atoms with van der Waals surface area (Å²) in [5.41, 5.74) is 0. The number of aliphatic hydroxyl groups excluding tert-OH is 1. The molecule has 0 aromatic heterocycles. The maximum Gasteiger partial charge on any atom is 0.0571 e. The van der Waals surface area contributed by atoms with Crippen molar-refractivity contribution in [3.63, 3.8) is 0 Å². The highest BCUT2D eigenvalue weighted by atomic mass is 16.5. The molecule has 0 spiro atoms. The fourth-order valence-electron chi connectivity index (χ4n) is 2.11. The Morgan fingerprint density at radius 3 is 2.20 bits per heavy atom. The van der Waals surface area contributed by atoms with Crippen LogP contribution in [-0.4, -0.2) is 28.4 Å². The summed E-state index contributed by atoms with van der Waals surface area (Å²) in [6.45, 7) is 0. The van der Waals surface area contributed by atoms with E-state index >= 15 is 0 Å². The number of hydroxylamine groups is 2. The highest BCUT2D eigenvalue weighted by Crippen LogP contribution is 2.33. The summed E-state index contributed by atoms with van der Waals surface area (Å²) in [5.74, 6) is 0. The minimum absolute atomic E-state index is 0.133. The number of hydrogen-bond donors (Lipinski definition) is 1. The summed E-state index contributed by atoms with van der Waals surface area (Å²) >= 11 is 0. The molecule has 0 amide bonds. The average Bonchev–Trinajstić information content (AvgIpc) is 2.20. The van der Waals surface area contributed by atoms with Gasteiger partial charge in [0.05, 0.1) is 6.10 Å². The lowest BCUT2D eigenvalue weighted by atomic mass is 10.0. The molecule has 2 bridgehead atoms. The number of piperidine rings is 1. The van der Waals surface area contributed by atoms with Gasteiger partial charge < -0.3 is 5.11 Å². The zero-order chi connectivity index (χ0) is 7.14. The lowest BCUT2D eigenvalue weighted by Crippen LogP contribution is -2.41. The second-order valence-electron chi connectivity index (χ2n) is 3.37. The fraction of sp³-hybridized carbons (Fsp3) is 1.00. The van der Waals surface area contributed by atoms with Crippen LogP contribution in [-0.2, 0) is 5.21 Å². The van der Waals surface area contributed by atoms with E-state index in [2.05, 4.69) is 0 Å². The van der Waals surface area contributed by atoms with E-state index in [0.29, 0.717) is 12.8 Å². The molecular weight excluding hydrogens is 130 g/mol. The molecule has 0 aliphatic carbocycles. The monoisotopic (exact) mass is 142 g/mol. The first kappa shape index (κ1) is 6.58. The van der Waals surface area contributed by atoms with Gasteiger partial charge in [-0.1, -0.05) is 0 Å². The van der Waals surface area contributed by atoms with E-state index < -0.39 is 0 Å². The van der Waals surface area contributed by atoms with Gasteiger partial charge in [-0.05, 0) is 25.7 Å². The van der Waals surface area contributed by atoms with Gasteiger partial charge in [0.2, 0.25) is 0 Å². The molecule has 0 aromatic rings. The molecule has 2 unspecified atom stereocenters. The van der Waals surface area contributed by atoms with Crippen molar-refractivity contribution in [2.75, 3.05) is 0 Å². The van der Waals surface area contributed by atoms with Crippen molar-refractivity contribution in [2.24, 2.45) is 0 Å². The Morgan fingerprint density at radius 1 is 1.20 bits per heavy atom. The quantitative estimate of drug-likeness (QED) is 0.529. The van der Waals surface area contributed by atoms with Gasteiger partial charge in [-0.2, -0.15) is 0 Å². The zero-order valence-electron chi connectivity index (χ0n) is 5.86. The van der Waals surface area contributed by atoms with Gasteiger partial charge in [-0.3, -0.25) is 0 Å². The van der Waals surface area contributed by atoms with Crippen LogP contribution < -0.4 is 0 Å². The summed E-state index contributed by atoms with van der Waals surface area (Å²) in [4.78, 5) is 0. The Kier molecular flexibility index (Phi) is 1.44. The molecule has 1 radical (unpaired) electrons. The fourth-order valence-corrected chi connectivity index (χ4v) is 2.11. The Balaban J connectivity index is 2.09. The lowest BCUT2D eigenvalue weighted by Gasteiger charge is -2.29. The predicted octanol–water partition coefficient (Wildman–Crippen LogP) is 0.320. The molecule has 2 aliphatic heterocycles. The van der Waals surface area contributed by atoms with E-state index in [0.717, 1.165) is 12.8 Å². The minimum Gasteiger partial charge on any atom is -0.393 e. The van der Waals surface area contributed by atoms with Crippen molar-refractivity contribution >= 4 is 0 Å². The first-order valence-corrected chi connectivity index (χ1v) is 3.91. The van der Waals surface area contributed by atoms with E-state index in [1.807, 2.05) is 0 Å². The predicted molar refractivity (Wildman–Crippen MR) is 34.6 cm³/mol. The van der Waals surface area contributed by atoms with Crippen molar-refractivity contribution in [1.82, 2.24) is 5.06 Å². The molecule has 0 saturated carbocycles. The molecule has 2 aliphatic rings. The summed E-state index contributed by atoms with van der Waals surface area (Å²) < 4.78 is 0. The molecule has 3 nitrogen and oxygen atoms in total. The maximum absolute atomic E-state index is 11.1. The second-order valence-corrected chi connectivity index (χ2v) is 3.37. The summed E-state index contributed by atoms with van der Waals surface area (Å²) in [6.07, 6.45) is 3.17. The van der Waals surface area contributed by atoms with Gasteiger partial charge in [0.15, 0.2) is 0 Å². The van der Waals surface area contributed by atoms with Crippen LogP contribution in [0.3, 0.4) is 0 Å². The third-order valence-corrected chi connectivity index (χ3v) is 2.64. The van der Waals surface area contributed by atoms with Crippen molar-refractivity contribution in [1.29, 1.82) is 0 Å². The molecule has 2 saturated heterocycles. The second kappa shape index (κ2) is 2.19. The van der Waals surface area contributed by atoms with Crippen LogP contribution >= 0.6 is 0 Å². The maximum atomic E-state index is 11.1. The van der Waals surface area contributed by atoms with Crippen LogP contribution in [0.2, 0.25) is 0 Å². The molecule has 2 fully saturated rings. The highest BCUT2D eigenvalue weighted by molar-refractivity contribution is 4.90. The molecular formula is C7H12NO2. The first-order chi connectivity index (χ1) is 4.77. The zero-order valence-corrected chi connectivity index (χ0v) is 5.86. The molecule has 57 valence electrons. The van der Waals surface area contributed by atoms with Crippen molar-refractivity contribution < 1.29 is 10.3 Å². The molecule has 2 rings (SSSR count). The van der Waals surface area contributed by atoms with E-state index in [1.165, 1.54) is 5.06 Å². The van der Waals surface area contributed by atoms with Crippen LogP contribution in [0.5, 0.6) is 0 Å². The Morgan fingerprint density at radius 2 is 1.70 bits per heavy atom. The largest absolute Gasteiger partial charge is 0.393 e. The van der Waals surface area contributed by atoms with E-state index in [9.17, 15) is 10.3 Å². The normalized spacial score (nSPS) is 48.0. The van der Waals surface area contributed by atoms with Gasteiger partial charge in [0, 0.05) is 12.1 Å². The molecule has 10 heavy (non-hydrogen) atoms. The van der Waals surface area contributed by atoms with Gasteiger partial charge in [0.1, 0.15) is 0 Å². The van der Waals surface area contributed by atoms with Gasteiger partial charge in [-0.25, -0.2) is 0 Å². The van der Waals surface area contributed by atoms with Gasteiger partial charge in [0.25, 0.3) is 0 Å². The van der Waals surface area contributed by atoms with E-state index in [-0.39, 0.29) is 18.2 Å². The summed E-state index contributed by atoms with van der Waals surface area (Å²) in [6, 6.07) is 0.266. The van der Waals surface area contributed by atoms with Crippen molar-refractivity contribution in [2.45, 2.75) is 43.9 Å². The number of aliphatic hydroxyl groups is 1. The lowest BCUT2D eigenvalue weighted by molar-refractivity contribution is -0.218. The Bertz CT molecular complexity index is 126. The number of hydrogen-bond acceptors (Lipinski definition) is 2. The minimum atomic E-state index is -0.206. The SMILES string of the molecule is [O]N1C2CCC1CC(O)C2. The Labute approximate surface area is 60.2 Å². The van der Waals surface area contributed by atoms with Crippen molar-refractivity contribution in [3.8, 4) is 0 Å². The van der Waals surface area contributed by atoms with Crippen LogP contribution in [0.1, 0.15) is 25.7 Å². The third-order valence-electron chi connectivity index (χ3n) is 2.64.